The SMILES string of the molecule is COc1ccc(CCC(=O)Nc2cc(F)ccc2N)cc1. The molecule has 5 heteroatoms. The number of hydrogen-bond acceptors (Lipinski definition) is 3. The monoisotopic (exact) mass is 288 g/mol. The average Bonchev–Trinajstić information content (AvgIpc) is 2.49. The van der Waals surface area contributed by atoms with Crippen LogP contribution in [0.4, 0.5) is 15.8 Å². The molecule has 4 nitrogen and oxygen atoms in total. The number of hydrogen-bond donors (Lipinski definition) is 2. The predicted molar refractivity (Wildman–Crippen MR) is 80.8 cm³/mol. The molecule has 21 heavy (non-hydrogen) atoms. The molecule has 0 saturated carbocycles. The van der Waals surface area contributed by atoms with Crippen LogP contribution >= 0.6 is 0 Å². The number of ether oxygens (including phenoxy) is 1. The Hall–Kier alpha value is -2.56. The molecule has 0 radical (unpaired) electrons. The summed E-state index contributed by atoms with van der Waals surface area (Å²) in [7, 11) is 1.60. The van der Waals surface area contributed by atoms with Crippen LogP contribution < -0.4 is 15.8 Å². The smallest absolute Gasteiger partial charge is 0.224 e. The number of anilines is 2. The highest BCUT2D eigenvalue weighted by Crippen LogP contribution is 2.19. The number of benzene rings is 2. The van der Waals surface area contributed by atoms with Gasteiger partial charge in [0, 0.05) is 6.42 Å². The number of carbonyl (C=O) groups excluding carboxylic acids is 1. The molecule has 0 heterocycles. The van der Waals surface area contributed by atoms with Gasteiger partial charge >= 0.3 is 0 Å². The molecule has 0 unspecified atom stereocenters. The van der Waals surface area contributed by atoms with Gasteiger partial charge < -0.3 is 15.8 Å². The van der Waals surface area contributed by atoms with Crippen molar-refractivity contribution in [3.63, 3.8) is 0 Å². The molecule has 0 bridgehead atoms. The molecular weight excluding hydrogens is 271 g/mol. The van der Waals surface area contributed by atoms with Crippen LogP contribution in [0.1, 0.15) is 12.0 Å². The zero-order valence-electron chi connectivity index (χ0n) is 11.7. The molecule has 0 aliphatic carbocycles. The minimum absolute atomic E-state index is 0.205. The Morgan fingerprint density at radius 2 is 1.95 bits per heavy atom. The van der Waals surface area contributed by atoms with Crippen LogP contribution in [0.5, 0.6) is 5.75 Å². The van der Waals surface area contributed by atoms with Crippen LogP contribution in [-0.2, 0) is 11.2 Å². The molecule has 0 aromatic heterocycles. The van der Waals surface area contributed by atoms with Crippen LogP contribution in [0.15, 0.2) is 42.5 Å². The minimum Gasteiger partial charge on any atom is -0.497 e. The average molecular weight is 288 g/mol. The summed E-state index contributed by atoms with van der Waals surface area (Å²) >= 11 is 0. The Kier molecular flexibility index (Phi) is 4.77. The summed E-state index contributed by atoms with van der Waals surface area (Å²) < 4.78 is 18.2. The first-order valence-electron chi connectivity index (χ1n) is 6.56. The van der Waals surface area contributed by atoms with Gasteiger partial charge in [-0.1, -0.05) is 12.1 Å². The van der Waals surface area contributed by atoms with E-state index in [0.29, 0.717) is 24.2 Å². The summed E-state index contributed by atoms with van der Waals surface area (Å²) in [4.78, 5) is 11.9. The molecule has 0 atom stereocenters. The van der Waals surface area contributed by atoms with Crippen molar-refractivity contribution in [2.75, 3.05) is 18.2 Å². The van der Waals surface area contributed by atoms with Crippen LogP contribution in [0.3, 0.4) is 0 Å². The van der Waals surface area contributed by atoms with Crippen molar-refractivity contribution < 1.29 is 13.9 Å². The van der Waals surface area contributed by atoms with E-state index < -0.39 is 5.82 Å². The predicted octanol–water partition coefficient (Wildman–Crippen LogP) is 2.99. The topological polar surface area (TPSA) is 64.3 Å². The molecule has 2 aromatic carbocycles. The van der Waals surface area contributed by atoms with E-state index in [-0.39, 0.29) is 5.91 Å². The molecular formula is C16H17FN2O2. The normalized spacial score (nSPS) is 10.2. The highest BCUT2D eigenvalue weighted by molar-refractivity contribution is 5.93. The number of nitrogens with two attached hydrogens (primary N) is 1. The van der Waals surface area contributed by atoms with Gasteiger partial charge in [0.25, 0.3) is 0 Å². The maximum atomic E-state index is 13.1. The lowest BCUT2D eigenvalue weighted by molar-refractivity contribution is -0.116. The van der Waals surface area contributed by atoms with E-state index in [9.17, 15) is 9.18 Å². The zero-order valence-corrected chi connectivity index (χ0v) is 11.7. The molecule has 110 valence electrons. The van der Waals surface area contributed by atoms with Crippen molar-refractivity contribution in [2.24, 2.45) is 0 Å². The first kappa shape index (κ1) is 14.8. The first-order valence-corrected chi connectivity index (χ1v) is 6.56. The second-order valence-electron chi connectivity index (χ2n) is 4.63. The maximum Gasteiger partial charge on any atom is 0.224 e. The Labute approximate surface area is 122 Å². The number of rotatable bonds is 5. The molecule has 1 amide bonds. The third-order valence-corrected chi connectivity index (χ3v) is 3.09. The molecule has 0 fully saturated rings. The first-order chi connectivity index (χ1) is 10.1. The van der Waals surface area contributed by atoms with E-state index in [2.05, 4.69) is 5.32 Å². The number of amides is 1. The highest BCUT2D eigenvalue weighted by atomic mass is 19.1. The van der Waals surface area contributed by atoms with Crippen LogP contribution in [0.2, 0.25) is 0 Å². The molecule has 2 aromatic rings. The lowest BCUT2D eigenvalue weighted by atomic mass is 10.1. The van der Waals surface area contributed by atoms with E-state index in [1.807, 2.05) is 24.3 Å². The fourth-order valence-electron chi connectivity index (χ4n) is 1.90. The lowest BCUT2D eigenvalue weighted by Crippen LogP contribution is -2.13. The third-order valence-electron chi connectivity index (χ3n) is 3.09. The highest BCUT2D eigenvalue weighted by Gasteiger charge is 2.07. The van der Waals surface area contributed by atoms with Gasteiger partial charge in [0.15, 0.2) is 0 Å². The number of carbonyl (C=O) groups is 1. The quantitative estimate of drug-likeness (QED) is 0.831. The molecule has 0 aliphatic heterocycles. The van der Waals surface area contributed by atoms with Crippen molar-refractivity contribution in [1.29, 1.82) is 0 Å². The van der Waals surface area contributed by atoms with Crippen LogP contribution in [0, 0.1) is 5.82 Å². The fourth-order valence-corrected chi connectivity index (χ4v) is 1.90. The van der Waals surface area contributed by atoms with E-state index in [1.165, 1.54) is 18.2 Å². The van der Waals surface area contributed by atoms with E-state index in [1.54, 1.807) is 7.11 Å². The van der Waals surface area contributed by atoms with Gasteiger partial charge in [0.1, 0.15) is 11.6 Å². The van der Waals surface area contributed by atoms with Gasteiger partial charge in [-0.15, -0.1) is 0 Å². The van der Waals surface area contributed by atoms with Gasteiger partial charge in [0.2, 0.25) is 5.91 Å². The number of methoxy groups -OCH3 is 1. The summed E-state index contributed by atoms with van der Waals surface area (Å²) in [5.41, 5.74) is 7.35. The zero-order chi connectivity index (χ0) is 15.2. The van der Waals surface area contributed by atoms with Gasteiger partial charge in [-0.25, -0.2) is 4.39 Å². The minimum atomic E-state index is -0.436. The lowest BCUT2D eigenvalue weighted by Gasteiger charge is -2.08. The molecule has 0 aliphatic rings. The molecule has 2 rings (SSSR count). The van der Waals surface area contributed by atoms with Crippen LogP contribution in [-0.4, -0.2) is 13.0 Å². The van der Waals surface area contributed by atoms with Gasteiger partial charge in [-0.3, -0.25) is 4.79 Å². The van der Waals surface area contributed by atoms with Gasteiger partial charge in [0.05, 0.1) is 18.5 Å². The van der Waals surface area contributed by atoms with E-state index in [4.69, 9.17) is 10.5 Å². The molecule has 0 saturated heterocycles. The van der Waals surface area contributed by atoms with E-state index >= 15 is 0 Å². The largest absolute Gasteiger partial charge is 0.497 e. The fraction of sp³-hybridized carbons (Fsp3) is 0.188. The number of aryl methyl sites for hydroxylation is 1. The second kappa shape index (κ2) is 6.74. The Morgan fingerprint density at radius 3 is 2.62 bits per heavy atom. The number of nitrogen functional groups attached to an aromatic ring is 1. The summed E-state index contributed by atoms with van der Waals surface area (Å²) in [5, 5.41) is 2.62. The summed E-state index contributed by atoms with van der Waals surface area (Å²) in [5.74, 6) is 0.133. The standard InChI is InChI=1S/C16H17FN2O2/c1-21-13-6-2-11(3-7-13)4-9-16(20)19-15-10-12(17)5-8-14(15)18/h2-3,5-8,10H,4,9,18H2,1H3,(H,19,20). The summed E-state index contributed by atoms with van der Waals surface area (Å²) in [6.07, 6.45) is 0.882. The van der Waals surface area contributed by atoms with Crippen molar-refractivity contribution in [3.05, 3.63) is 53.8 Å². The summed E-state index contributed by atoms with van der Waals surface area (Å²) in [6, 6.07) is 11.4. The van der Waals surface area contributed by atoms with Crippen molar-refractivity contribution >= 4 is 17.3 Å². The van der Waals surface area contributed by atoms with Gasteiger partial charge in [-0.05, 0) is 42.3 Å². The Bertz CT molecular complexity index is 627. The third kappa shape index (κ3) is 4.21. The van der Waals surface area contributed by atoms with Crippen molar-refractivity contribution in [1.82, 2.24) is 0 Å². The molecule has 3 N–H and O–H groups in total. The van der Waals surface area contributed by atoms with Crippen molar-refractivity contribution in [2.45, 2.75) is 12.8 Å². The second-order valence-corrected chi connectivity index (χ2v) is 4.63. The van der Waals surface area contributed by atoms with Gasteiger partial charge in [-0.2, -0.15) is 0 Å². The van der Waals surface area contributed by atoms with Crippen molar-refractivity contribution in [3.8, 4) is 5.75 Å². The summed E-state index contributed by atoms with van der Waals surface area (Å²) in [6.45, 7) is 0. The number of halogens is 1. The Morgan fingerprint density at radius 1 is 1.24 bits per heavy atom. The maximum absolute atomic E-state index is 13.1. The number of nitrogens with one attached hydrogen (secondary N) is 1. The van der Waals surface area contributed by atoms with Crippen LogP contribution in [0.25, 0.3) is 0 Å². The molecule has 0 spiro atoms. The van der Waals surface area contributed by atoms with E-state index in [0.717, 1.165) is 11.3 Å². The Balaban J connectivity index is 1.91.